The van der Waals surface area contributed by atoms with Crippen LogP contribution in [0.3, 0.4) is 0 Å². The van der Waals surface area contributed by atoms with Crippen molar-refractivity contribution in [3.8, 4) is 0 Å². The molecular weight excluding hydrogens is 177 g/mol. The Morgan fingerprint density at radius 3 is 2.23 bits per heavy atom. The van der Waals surface area contributed by atoms with Crippen LogP contribution in [0.2, 0.25) is 0 Å². The van der Waals surface area contributed by atoms with Gasteiger partial charge >= 0.3 is 29.6 Å². The molecule has 1 atom stereocenters. The van der Waals surface area contributed by atoms with E-state index in [9.17, 15) is 9.90 Å². The Labute approximate surface area is 99.2 Å². The summed E-state index contributed by atoms with van der Waals surface area (Å²) in [5, 5.41) is 10.4. The number of rotatable bonds is 2. The van der Waals surface area contributed by atoms with Gasteiger partial charge in [-0.25, -0.2) is 0 Å². The summed E-state index contributed by atoms with van der Waals surface area (Å²) >= 11 is 0. The number of hydrogen-bond acceptors (Lipinski definition) is 3. The zero-order chi connectivity index (χ0) is 9.14. The third kappa shape index (κ3) is 3.38. The minimum atomic E-state index is -1.07. The molecule has 0 aliphatic heterocycles. The smallest absolute Gasteiger partial charge is 0.550 e. The first kappa shape index (κ1) is 12.5. The predicted molar refractivity (Wildman–Crippen MR) is 44.3 cm³/mol. The van der Waals surface area contributed by atoms with E-state index in [1.165, 1.54) is 0 Å². The average molecular weight is 187 g/mol. The van der Waals surface area contributed by atoms with E-state index in [4.69, 9.17) is 5.73 Å². The molecule has 0 radical (unpaired) electrons. The van der Waals surface area contributed by atoms with Crippen LogP contribution in [0.25, 0.3) is 0 Å². The Morgan fingerprint density at radius 1 is 1.38 bits per heavy atom. The van der Waals surface area contributed by atoms with Crippen LogP contribution in [0.4, 0.5) is 5.69 Å². The van der Waals surface area contributed by atoms with E-state index in [0.29, 0.717) is 11.3 Å². The molecule has 0 heterocycles. The first-order valence-electron chi connectivity index (χ1n) is 3.67. The van der Waals surface area contributed by atoms with Crippen LogP contribution in [-0.2, 0) is 4.79 Å². The fourth-order valence-corrected chi connectivity index (χ4v) is 0.921. The largest absolute Gasteiger partial charge is 1.00 e. The first-order chi connectivity index (χ1) is 5.61. The Bertz CT molecular complexity index is 284. The van der Waals surface area contributed by atoms with Gasteiger partial charge in [0.05, 0.1) is 0 Å². The molecule has 13 heavy (non-hydrogen) atoms. The number of carbonyl (C=O) groups excluding carboxylic acids is 1. The molecule has 0 saturated carbocycles. The van der Waals surface area contributed by atoms with E-state index >= 15 is 0 Å². The molecule has 0 amide bonds. The summed E-state index contributed by atoms with van der Waals surface area (Å²) in [5.74, 6) is -1.65. The van der Waals surface area contributed by atoms with Crippen molar-refractivity contribution in [1.82, 2.24) is 0 Å². The fourth-order valence-electron chi connectivity index (χ4n) is 0.921. The van der Waals surface area contributed by atoms with E-state index in [-0.39, 0.29) is 29.6 Å². The normalized spacial score (nSPS) is 11.5. The molecule has 0 bridgehead atoms. The van der Waals surface area contributed by atoms with Gasteiger partial charge in [0.2, 0.25) is 0 Å². The van der Waals surface area contributed by atoms with E-state index in [0.717, 1.165) is 0 Å². The topological polar surface area (TPSA) is 66.1 Å². The predicted octanol–water partition coefficient (Wildman–Crippen LogP) is -2.87. The van der Waals surface area contributed by atoms with Gasteiger partial charge in [-0.3, -0.25) is 0 Å². The fraction of sp³-hybridized carbons (Fsp3) is 0.222. The molecule has 4 heteroatoms. The second kappa shape index (κ2) is 5.27. The SMILES string of the molecule is C[C@H](C(=O)[O-])c1ccc(N)cc1.[Na+]. The zero-order valence-electron chi connectivity index (χ0n) is 7.78. The Kier molecular flexibility index (Phi) is 5.06. The van der Waals surface area contributed by atoms with Crippen LogP contribution in [-0.4, -0.2) is 5.97 Å². The van der Waals surface area contributed by atoms with Crippen LogP contribution in [0.15, 0.2) is 24.3 Å². The van der Waals surface area contributed by atoms with Crippen LogP contribution >= 0.6 is 0 Å². The maximum absolute atomic E-state index is 10.4. The van der Waals surface area contributed by atoms with E-state index in [2.05, 4.69) is 0 Å². The van der Waals surface area contributed by atoms with Crippen molar-refractivity contribution in [2.75, 3.05) is 5.73 Å². The van der Waals surface area contributed by atoms with Gasteiger partial charge in [-0.05, 0) is 17.7 Å². The number of carboxylic acid groups (broad SMARTS) is 1. The van der Waals surface area contributed by atoms with Crippen molar-refractivity contribution in [3.05, 3.63) is 29.8 Å². The quantitative estimate of drug-likeness (QED) is 0.399. The summed E-state index contributed by atoms with van der Waals surface area (Å²) < 4.78 is 0. The maximum atomic E-state index is 10.4. The summed E-state index contributed by atoms with van der Waals surface area (Å²) in [7, 11) is 0. The van der Waals surface area contributed by atoms with Crippen molar-refractivity contribution in [2.24, 2.45) is 0 Å². The molecule has 0 spiro atoms. The third-order valence-corrected chi connectivity index (χ3v) is 1.79. The number of nitrogen functional groups attached to an aromatic ring is 1. The number of carbonyl (C=O) groups is 1. The second-order valence-corrected chi connectivity index (χ2v) is 2.71. The average Bonchev–Trinajstić information content (AvgIpc) is 2.04. The van der Waals surface area contributed by atoms with Crippen LogP contribution in [0.1, 0.15) is 18.4 Å². The van der Waals surface area contributed by atoms with Crippen LogP contribution in [0.5, 0.6) is 0 Å². The molecule has 3 nitrogen and oxygen atoms in total. The summed E-state index contributed by atoms with van der Waals surface area (Å²) in [6, 6.07) is 6.73. The molecule has 2 N–H and O–H groups in total. The van der Waals surface area contributed by atoms with Crippen molar-refractivity contribution >= 4 is 11.7 Å². The molecule has 0 aliphatic rings. The molecule has 0 fully saturated rings. The maximum Gasteiger partial charge on any atom is 1.00 e. The molecule has 0 unspecified atom stereocenters. The minimum absolute atomic E-state index is 0. The number of nitrogens with two attached hydrogens (primary N) is 1. The van der Waals surface area contributed by atoms with Gasteiger partial charge in [-0.1, -0.05) is 19.1 Å². The molecular formula is C9H10NNaO2. The van der Waals surface area contributed by atoms with E-state index < -0.39 is 11.9 Å². The summed E-state index contributed by atoms with van der Waals surface area (Å²) in [6.07, 6.45) is 0. The van der Waals surface area contributed by atoms with E-state index in [1.54, 1.807) is 31.2 Å². The molecule has 1 aromatic rings. The standard InChI is InChI=1S/C9H11NO2.Na/c1-6(9(11)12)7-2-4-8(10)5-3-7;/h2-6H,10H2,1H3,(H,11,12);/q;+1/p-1/t6-;/m0./s1. The van der Waals surface area contributed by atoms with Crippen molar-refractivity contribution in [1.29, 1.82) is 0 Å². The van der Waals surface area contributed by atoms with Gasteiger partial charge in [-0.15, -0.1) is 0 Å². The first-order valence-corrected chi connectivity index (χ1v) is 3.67. The van der Waals surface area contributed by atoms with Gasteiger partial charge in [0.1, 0.15) is 0 Å². The third-order valence-electron chi connectivity index (χ3n) is 1.79. The number of carboxylic acids is 1. The van der Waals surface area contributed by atoms with Gasteiger partial charge in [-0.2, -0.15) is 0 Å². The Balaban J connectivity index is 0.00000144. The molecule has 0 aromatic heterocycles. The van der Waals surface area contributed by atoms with Crippen molar-refractivity contribution in [2.45, 2.75) is 12.8 Å². The number of hydrogen-bond donors (Lipinski definition) is 1. The molecule has 64 valence electrons. The summed E-state index contributed by atoms with van der Waals surface area (Å²) in [5.41, 5.74) is 6.78. The zero-order valence-corrected chi connectivity index (χ0v) is 9.78. The van der Waals surface area contributed by atoms with Crippen molar-refractivity contribution < 1.29 is 39.5 Å². The van der Waals surface area contributed by atoms with Crippen molar-refractivity contribution in [3.63, 3.8) is 0 Å². The van der Waals surface area contributed by atoms with Gasteiger partial charge in [0.15, 0.2) is 0 Å². The Morgan fingerprint density at radius 2 is 1.85 bits per heavy atom. The van der Waals surface area contributed by atoms with Gasteiger partial charge in [0.25, 0.3) is 0 Å². The summed E-state index contributed by atoms with van der Waals surface area (Å²) in [4.78, 5) is 10.4. The van der Waals surface area contributed by atoms with Crippen LogP contribution in [0, 0.1) is 0 Å². The van der Waals surface area contributed by atoms with Crippen LogP contribution < -0.4 is 40.4 Å². The number of anilines is 1. The van der Waals surface area contributed by atoms with Gasteiger partial charge < -0.3 is 15.6 Å². The number of benzene rings is 1. The summed E-state index contributed by atoms with van der Waals surface area (Å²) in [6.45, 7) is 1.58. The van der Waals surface area contributed by atoms with Gasteiger partial charge in [0, 0.05) is 17.6 Å². The molecule has 1 aromatic carbocycles. The Hall–Kier alpha value is -0.510. The molecule has 1 rings (SSSR count). The monoisotopic (exact) mass is 187 g/mol. The molecule has 0 aliphatic carbocycles. The number of aliphatic carboxylic acids is 1. The van der Waals surface area contributed by atoms with E-state index in [1.807, 2.05) is 0 Å². The molecule has 0 saturated heterocycles. The minimum Gasteiger partial charge on any atom is -0.550 e. The second-order valence-electron chi connectivity index (χ2n) is 2.71.